The van der Waals surface area contributed by atoms with Gasteiger partial charge in [-0.25, -0.2) is 4.99 Å². The van der Waals surface area contributed by atoms with Crippen molar-refractivity contribution in [1.29, 1.82) is 5.26 Å². The summed E-state index contributed by atoms with van der Waals surface area (Å²) in [4.78, 5) is 5.94. The van der Waals surface area contributed by atoms with Crippen LogP contribution in [0.4, 0.5) is 0 Å². The summed E-state index contributed by atoms with van der Waals surface area (Å²) in [6, 6.07) is 32.1. The zero-order valence-corrected chi connectivity index (χ0v) is 24.2. The van der Waals surface area contributed by atoms with Crippen LogP contribution < -0.4 is 0 Å². The highest BCUT2D eigenvalue weighted by molar-refractivity contribution is 7.97. The minimum Gasteiger partial charge on any atom is -0.313 e. The fourth-order valence-electron chi connectivity index (χ4n) is 6.12. The van der Waals surface area contributed by atoms with Crippen LogP contribution in [0.25, 0.3) is 49.9 Å². The van der Waals surface area contributed by atoms with Gasteiger partial charge in [0.2, 0.25) is 0 Å². The molecule has 5 aromatic rings. The summed E-state index contributed by atoms with van der Waals surface area (Å²) in [6.45, 7) is 4.20. The van der Waals surface area contributed by atoms with Crippen molar-refractivity contribution in [3.8, 4) is 17.2 Å². The lowest BCUT2D eigenvalue weighted by molar-refractivity contribution is 0.932. The van der Waals surface area contributed by atoms with Crippen LogP contribution in [0.3, 0.4) is 0 Å². The van der Waals surface area contributed by atoms with Gasteiger partial charge in [0.15, 0.2) is 0 Å². The zero-order valence-electron chi connectivity index (χ0n) is 23.4. The van der Waals surface area contributed by atoms with Crippen molar-refractivity contribution >= 4 is 56.6 Å². The van der Waals surface area contributed by atoms with E-state index in [1.165, 1.54) is 16.5 Å². The van der Waals surface area contributed by atoms with Crippen molar-refractivity contribution in [2.45, 2.75) is 17.7 Å². The van der Waals surface area contributed by atoms with E-state index in [1.807, 2.05) is 18.2 Å². The maximum Gasteiger partial charge on any atom is 0.143 e. The predicted molar refractivity (Wildman–Crippen MR) is 180 cm³/mol. The quantitative estimate of drug-likeness (QED) is 0.203. The Kier molecular flexibility index (Phi) is 6.03. The first-order valence-electron chi connectivity index (χ1n) is 14.4. The van der Waals surface area contributed by atoms with Crippen LogP contribution in [-0.2, 0) is 0 Å². The first-order chi connectivity index (χ1) is 21.2. The van der Waals surface area contributed by atoms with Crippen LogP contribution in [0.2, 0.25) is 0 Å². The number of aliphatic imine (C=N–C) groups is 1. The standard InChI is InChI=1S/C38H26N4S/c1-25-32-12-5-6-13-37(32)43-41-24-30(16-19-38(41)40-25)28-9-7-8-27(21-28)29-15-18-34-33-17-14-26(23-39)20-35(33)42(36(34)22-29)31-10-3-2-4-11-31/h2-3,5-10,12-22,24H,1,4,11H2. The molecule has 0 spiro atoms. The molecule has 2 aliphatic heterocycles. The van der Waals surface area contributed by atoms with Crippen molar-refractivity contribution in [1.82, 2.24) is 8.87 Å². The summed E-state index contributed by atoms with van der Waals surface area (Å²) in [6.07, 6.45) is 14.9. The highest BCUT2D eigenvalue weighted by Gasteiger charge is 2.21. The Labute approximate surface area is 254 Å². The van der Waals surface area contributed by atoms with Crippen molar-refractivity contribution < 1.29 is 0 Å². The molecule has 0 atom stereocenters. The minimum atomic E-state index is 0.675. The van der Waals surface area contributed by atoms with Crippen LogP contribution >= 0.6 is 11.9 Å². The number of benzene rings is 4. The average molecular weight is 571 g/mol. The summed E-state index contributed by atoms with van der Waals surface area (Å²) in [5.74, 6) is 0.871. The third kappa shape index (κ3) is 4.35. The molecule has 0 amide bonds. The third-order valence-corrected chi connectivity index (χ3v) is 9.28. The Hall–Kier alpha value is -5.31. The topological polar surface area (TPSA) is 44.3 Å². The van der Waals surface area contributed by atoms with E-state index in [0.717, 1.165) is 68.1 Å². The average Bonchev–Trinajstić information content (AvgIpc) is 3.30. The van der Waals surface area contributed by atoms with Gasteiger partial charge in [0.25, 0.3) is 0 Å². The van der Waals surface area contributed by atoms with Crippen LogP contribution in [0.15, 0.2) is 138 Å². The van der Waals surface area contributed by atoms with Crippen LogP contribution in [0.5, 0.6) is 0 Å². The van der Waals surface area contributed by atoms with Crippen LogP contribution in [0.1, 0.15) is 29.5 Å². The van der Waals surface area contributed by atoms with Crippen molar-refractivity contribution in [3.63, 3.8) is 0 Å². The highest BCUT2D eigenvalue weighted by Crippen LogP contribution is 2.39. The molecular weight excluding hydrogens is 545 g/mol. The summed E-state index contributed by atoms with van der Waals surface area (Å²) in [7, 11) is 0. The Bertz CT molecular complexity index is 2200. The highest BCUT2D eigenvalue weighted by atomic mass is 32.2. The number of nitrogens with zero attached hydrogens (tertiary/aromatic N) is 4. The fourth-order valence-corrected chi connectivity index (χ4v) is 7.12. The van der Waals surface area contributed by atoms with E-state index in [2.05, 4.69) is 125 Å². The van der Waals surface area contributed by atoms with Gasteiger partial charge in [0.1, 0.15) is 5.84 Å². The Balaban J connectivity index is 1.21. The lowest BCUT2D eigenvalue weighted by atomic mass is 9.97. The summed E-state index contributed by atoms with van der Waals surface area (Å²) in [5, 5.41) is 12.0. The van der Waals surface area contributed by atoms with E-state index in [4.69, 9.17) is 4.99 Å². The third-order valence-electron chi connectivity index (χ3n) is 8.24. The SMILES string of the molecule is C=C1N=C2C=CC(c3cccc(-c4ccc5c6ccc(C#N)cc6n(C6=CC=CCC6)c5c4)c3)=CN2Sc2ccccc21. The molecule has 3 aliphatic rings. The van der Waals surface area contributed by atoms with E-state index in [0.29, 0.717) is 5.56 Å². The van der Waals surface area contributed by atoms with Crippen LogP contribution in [0, 0.1) is 11.3 Å². The van der Waals surface area contributed by atoms with Gasteiger partial charge in [-0.1, -0.05) is 73.3 Å². The molecule has 8 rings (SSSR count). The van der Waals surface area contributed by atoms with Crippen LogP contribution in [-0.4, -0.2) is 14.7 Å². The lowest BCUT2D eigenvalue weighted by Gasteiger charge is -2.22. The molecule has 0 unspecified atom stereocenters. The minimum absolute atomic E-state index is 0.675. The Morgan fingerprint density at radius 1 is 0.837 bits per heavy atom. The molecule has 1 aliphatic carbocycles. The molecule has 3 heterocycles. The second kappa shape index (κ2) is 10.2. The fraction of sp³-hybridized carbons (Fsp3) is 0.0526. The summed E-state index contributed by atoms with van der Waals surface area (Å²) >= 11 is 1.67. The normalized spacial score (nSPS) is 15.8. The molecule has 0 saturated heterocycles. The molecule has 0 fully saturated rings. The van der Waals surface area contributed by atoms with E-state index in [1.54, 1.807) is 11.9 Å². The molecule has 0 saturated carbocycles. The Morgan fingerprint density at radius 2 is 1.65 bits per heavy atom. The van der Waals surface area contributed by atoms with Gasteiger partial charge in [0.05, 0.1) is 28.4 Å². The lowest BCUT2D eigenvalue weighted by Crippen LogP contribution is -2.18. The van der Waals surface area contributed by atoms with Crippen molar-refractivity contribution in [2.24, 2.45) is 4.99 Å². The van der Waals surface area contributed by atoms with Crippen molar-refractivity contribution in [2.75, 3.05) is 0 Å². The molecule has 4 aromatic carbocycles. The predicted octanol–water partition coefficient (Wildman–Crippen LogP) is 9.83. The largest absolute Gasteiger partial charge is 0.313 e. The van der Waals surface area contributed by atoms with Gasteiger partial charge < -0.3 is 4.57 Å². The second-order valence-electron chi connectivity index (χ2n) is 10.9. The summed E-state index contributed by atoms with van der Waals surface area (Å²) in [5.41, 5.74) is 10.6. The van der Waals surface area contributed by atoms with Gasteiger partial charge in [0, 0.05) is 33.1 Å². The van der Waals surface area contributed by atoms with Gasteiger partial charge in [-0.05, 0) is 95.6 Å². The van der Waals surface area contributed by atoms with Gasteiger partial charge in [-0.2, -0.15) is 5.26 Å². The Morgan fingerprint density at radius 3 is 2.51 bits per heavy atom. The first kappa shape index (κ1) is 25.4. The first-order valence-corrected chi connectivity index (χ1v) is 15.1. The summed E-state index contributed by atoms with van der Waals surface area (Å²) < 4.78 is 4.48. The number of allylic oxidation sites excluding steroid dienone is 6. The molecule has 0 radical (unpaired) electrons. The smallest absolute Gasteiger partial charge is 0.143 e. The number of amidine groups is 1. The van der Waals surface area contributed by atoms with Crippen molar-refractivity contribution in [3.05, 3.63) is 145 Å². The molecule has 4 nitrogen and oxygen atoms in total. The number of fused-ring (bicyclic) bond motifs is 5. The molecule has 5 heteroatoms. The number of rotatable bonds is 3. The number of hydrogen-bond acceptors (Lipinski definition) is 4. The molecular formula is C38H26N4S. The monoisotopic (exact) mass is 570 g/mol. The number of aromatic nitrogens is 1. The second-order valence-corrected chi connectivity index (χ2v) is 11.9. The molecule has 0 bridgehead atoms. The molecule has 0 N–H and O–H groups in total. The molecule has 1 aromatic heterocycles. The maximum atomic E-state index is 9.62. The van der Waals surface area contributed by atoms with E-state index in [-0.39, 0.29) is 0 Å². The number of nitriles is 1. The van der Waals surface area contributed by atoms with Gasteiger partial charge >= 0.3 is 0 Å². The van der Waals surface area contributed by atoms with E-state index < -0.39 is 0 Å². The van der Waals surface area contributed by atoms with Gasteiger partial charge in [-0.15, -0.1) is 0 Å². The zero-order chi connectivity index (χ0) is 28.9. The van der Waals surface area contributed by atoms with Gasteiger partial charge in [-0.3, -0.25) is 4.31 Å². The van der Waals surface area contributed by atoms with E-state index in [9.17, 15) is 5.26 Å². The van der Waals surface area contributed by atoms with E-state index >= 15 is 0 Å². The maximum absolute atomic E-state index is 9.62. The molecule has 204 valence electrons. The number of hydrogen-bond donors (Lipinski definition) is 0. The molecule has 43 heavy (non-hydrogen) atoms.